The van der Waals surface area contributed by atoms with Gasteiger partial charge in [0, 0.05) is 36.1 Å². The predicted octanol–water partition coefficient (Wildman–Crippen LogP) is 0.104. The summed E-state index contributed by atoms with van der Waals surface area (Å²) in [5.74, 6) is -2.11. The third-order valence-corrected chi connectivity index (χ3v) is 6.38. The Balaban J connectivity index is 1.88. The fourth-order valence-electron chi connectivity index (χ4n) is 3.76. The van der Waals surface area contributed by atoms with Crippen molar-refractivity contribution in [3.05, 3.63) is 10.6 Å². The number of thioether (sulfide) groups is 1. The van der Waals surface area contributed by atoms with E-state index in [0.717, 1.165) is 0 Å². The van der Waals surface area contributed by atoms with Gasteiger partial charge in [0.1, 0.15) is 5.70 Å². The van der Waals surface area contributed by atoms with Crippen molar-refractivity contribution in [2.75, 3.05) is 13.6 Å². The SMILES string of the molecule is C[C@@H](O)[C@H]1C(=O)N2C(C(=O)O)=C(S[C@@H]3CC(=O)N(C)C3)[C@H](C)[C@H]12. The maximum absolute atomic E-state index is 12.2. The van der Waals surface area contributed by atoms with Crippen LogP contribution in [0.4, 0.5) is 0 Å². The molecular formula is C15H20N2O5S. The van der Waals surface area contributed by atoms with Crippen LogP contribution in [0.25, 0.3) is 0 Å². The highest BCUT2D eigenvalue weighted by Gasteiger charge is 2.60. The summed E-state index contributed by atoms with van der Waals surface area (Å²) in [7, 11) is 1.73. The van der Waals surface area contributed by atoms with E-state index in [2.05, 4.69) is 0 Å². The number of aliphatic carboxylic acids is 1. The number of carbonyl (C=O) groups is 3. The van der Waals surface area contributed by atoms with Crippen LogP contribution >= 0.6 is 11.8 Å². The standard InChI is InChI=1S/C15H20N2O5S/c1-6-11-10(7(2)18)14(20)17(11)12(15(21)22)13(6)23-8-4-9(19)16(3)5-8/h6-8,10-11,18H,4-5H2,1-3H3,(H,21,22)/t6-,7-,8-,10-,11-/m1/s1. The lowest BCUT2D eigenvalue weighted by atomic mass is 9.79. The second-order valence-electron chi connectivity index (χ2n) is 6.49. The molecule has 3 rings (SSSR count). The van der Waals surface area contributed by atoms with Crippen molar-refractivity contribution in [1.29, 1.82) is 0 Å². The lowest BCUT2D eigenvalue weighted by Crippen LogP contribution is -2.63. The van der Waals surface area contributed by atoms with E-state index < -0.39 is 18.0 Å². The first-order chi connectivity index (χ1) is 10.7. The summed E-state index contributed by atoms with van der Waals surface area (Å²) >= 11 is 1.39. The van der Waals surface area contributed by atoms with Crippen molar-refractivity contribution in [1.82, 2.24) is 9.80 Å². The molecule has 2 saturated heterocycles. The number of carbonyl (C=O) groups excluding carboxylic acids is 2. The van der Waals surface area contributed by atoms with Gasteiger partial charge in [-0.1, -0.05) is 6.92 Å². The van der Waals surface area contributed by atoms with Gasteiger partial charge in [-0.25, -0.2) is 4.79 Å². The molecule has 2 amide bonds. The third-order valence-electron chi connectivity index (χ3n) is 4.91. The molecule has 0 saturated carbocycles. The van der Waals surface area contributed by atoms with Crippen LogP contribution in [-0.4, -0.2) is 68.8 Å². The summed E-state index contributed by atoms with van der Waals surface area (Å²) < 4.78 is 0. The normalized spacial score (nSPS) is 34.8. The van der Waals surface area contributed by atoms with Crippen molar-refractivity contribution < 1.29 is 24.6 Å². The zero-order valence-corrected chi connectivity index (χ0v) is 14.0. The van der Waals surface area contributed by atoms with Gasteiger partial charge in [-0.05, 0) is 6.92 Å². The fourth-order valence-corrected chi connectivity index (χ4v) is 5.29. The molecule has 7 nitrogen and oxygen atoms in total. The first-order valence-corrected chi connectivity index (χ1v) is 8.51. The molecule has 0 aromatic rings. The quantitative estimate of drug-likeness (QED) is 0.705. The number of fused-ring (bicyclic) bond motifs is 1. The number of likely N-dealkylation sites (tertiary alicyclic amines) is 1. The van der Waals surface area contributed by atoms with Crippen LogP contribution in [0.5, 0.6) is 0 Å². The molecule has 3 aliphatic heterocycles. The number of β-lactam (4-membered cyclic amide) rings is 1. The minimum absolute atomic E-state index is 0.00176. The molecule has 8 heteroatoms. The van der Waals surface area contributed by atoms with E-state index in [4.69, 9.17) is 0 Å². The average molecular weight is 340 g/mol. The second-order valence-corrected chi connectivity index (χ2v) is 7.83. The van der Waals surface area contributed by atoms with Gasteiger partial charge in [0.2, 0.25) is 11.8 Å². The molecule has 0 unspecified atom stereocenters. The van der Waals surface area contributed by atoms with Crippen molar-refractivity contribution in [2.24, 2.45) is 11.8 Å². The van der Waals surface area contributed by atoms with Crippen LogP contribution < -0.4 is 0 Å². The van der Waals surface area contributed by atoms with Gasteiger partial charge >= 0.3 is 5.97 Å². The first kappa shape index (κ1) is 16.3. The monoisotopic (exact) mass is 340 g/mol. The zero-order valence-electron chi connectivity index (χ0n) is 13.2. The molecule has 5 atom stereocenters. The van der Waals surface area contributed by atoms with Crippen molar-refractivity contribution in [2.45, 2.75) is 37.7 Å². The number of nitrogens with zero attached hydrogens (tertiary/aromatic N) is 2. The maximum Gasteiger partial charge on any atom is 0.353 e. The van der Waals surface area contributed by atoms with Gasteiger partial charge in [0.25, 0.3) is 0 Å². The first-order valence-electron chi connectivity index (χ1n) is 7.63. The molecule has 0 bridgehead atoms. The maximum atomic E-state index is 12.2. The molecular weight excluding hydrogens is 320 g/mol. The number of hydrogen-bond acceptors (Lipinski definition) is 5. The minimum Gasteiger partial charge on any atom is -0.477 e. The van der Waals surface area contributed by atoms with E-state index in [9.17, 15) is 24.6 Å². The molecule has 2 fully saturated rings. The second kappa shape index (κ2) is 5.52. The van der Waals surface area contributed by atoms with E-state index in [0.29, 0.717) is 17.9 Å². The Morgan fingerprint density at radius 2 is 2.04 bits per heavy atom. The van der Waals surface area contributed by atoms with Crippen LogP contribution in [0, 0.1) is 11.8 Å². The van der Waals surface area contributed by atoms with E-state index in [-0.39, 0.29) is 34.7 Å². The van der Waals surface area contributed by atoms with Crippen molar-refractivity contribution >= 4 is 29.5 Å². The third kappa shape index (κ3) is 2.35. The van der Waals surface area contributed by atoms with Gasteiger partial charge < -0.3 is 20.0 Å². The number of hydrogen-bond donors (Lipinski definition) is 2. The minimum atomic E-state index is -1.13. The molecule has 0 aliphatic carbocycles. The van der Waals surface area contributed by atoms with E-state index >= 15 is 0 Å². The Morgan fingerprint density at radius 3 is 2.52 bits per heavy atom. The summed E-state index contributed by atoms with van der Waals surface area (Å²) in [4.78, 5) is 39.2. The van der Waals surface area contributed by atoms with E-state index in [1.807, 2.05) is 6.92 Å². The van der Waals surface area contributed by atoms with Gasteiger partial charge in [0.05, 0.1) is 18.1 Å². The fraction of sp³-hybridized carbons (Fsp3) is 0.667. The molecule has 3 aliphatic rings. The lowest BCUT2D eigenvalue weighted by Gasteiger charge is -2.46. The number of aliphatic hydroxyl groups excluding tert-OH is 1. The van der Waals surface area contributed by atoms with Crippen LogP contribution in [0.2, 0.25) is 0 Å². The molecule has 126 valence electrons. The van der Waals surface area contributed by atoms with Gasteiger partial charge in [0.15, 0.2) is 0 Å². The average Bonchev–Trinajstić information content (AvgIpc) is 2.87. The molecule has 0 spiro atoms. The highest BCUT2D eigenvalue weighted by atomic mass is 32.2. The van der Waals surface area contributed by atoms with Crippen LogP contribution in [0.15, 0.2) is 10.6 Å². The molecule has 3 heterocycles. The van der Waals surface area contributed by atoms with Crippen LogP contribution in [-0.2, 0) is 14.4 Å². The molecule has 23 heavy (non-hydrogen) atoms. The summed E-state index contributed by atoms with van der Waals surface area (Å²) in [6.07, 6.45) is -0.423. The van der Waals surface area contributed by atoms with Crippen LogP contribution in [0.1, 0.15) is 20.3 Å². The number of amides is 2. The zero-order chi connectivity index (χ0) is 17.0. The summed E-state index contributed by atoms with van der Waals surface area (Å²) in [6, 6.07) is -0.300. The highest BCUT2D eigenvalue weighted by Crippen LogP contribution is 2.51. The van der Waals surface area contributed by atoms with Gasteiger partial charge in [-0.15, -0.1) is 11.8 Å². The van der Waals surface area contributed by atoms with E-state index in [1.165, 1.54) is 16.7 Å². The number of carboxylic acids is 1. The largest absolute Gasteiger partial charge is 0.477 e. The lowest BCUT2D eigenvalue weighted by molar-refractivity contribution is -0.163. The molecule has 0 aromatic carbocycles. The summed E-state index contributed by atoms with van der Waals surface area (Å²) in [5, 5.41) is 19.3. The molecule has 0 radical (unpaired) electrons. The van der Waals surface area contributed by atoms with E-state index in [1.54, 1.807) is 18.9 Å². The van der Waals surface area contributed by atoms with Gasteiger partial charge in [-0.2, -0.15) is 0 Å². The van der Waals surface area contributed by atoms with Crippen molar-refractivity contribution in [3.8, 4) is 0 Å². The number of rotatable bonds is 4. The predicted molar refractivity (Wildman–Crippen MR) is 83.3 cm³/mol. The highest BCUT2D eigenvalue weighted by molar-refractivity contribution is 8.03. The summed E-state index contributed by atoms with van der Waals surface area (Å²) in [5.41, 5.74) is 0.0244. The topological polar surface area (TPSA) is 98.1 Å². The number of aliphatic hydroxyl groups is 1. The van der Waals surface area contributed by atoms with Crippen LogP contribution in [0.3, 0.4) is 0 Å². The molecule has 0 aromatic heterocycles. The Morgan fingerprint density at radius 1 is 1.39 bits per heavy atom. The Bertz CT molecular complexity index is 617. The Labute approximate surface area is 138 Å². The van der Waals surface area contributed by atoms with Gasteiger partial charge in [-0.3, -0.25) is 9.59 Å². The van der Waals surface area contributed by atoms with Crippen molar-refractivity contribution in [3.63, 3.8) is 0 Å². The Kier molecular flexibility index (Phi) is 3.92. The molecule has 2 N–H and O–H groups in total. The Hall–Kier alpha value is -1.54. The number of carboxylic acid groups (broad SMARTS) is 1. The summed E-state index contributed by atoms with van der Waals surface area (Å²) in [6.45, 7) is 4.02. The smallest absolute Gasteiger partial charge is 0.353 e.